The van der Waals surface area contributed by atoms with Crippen LogP contribution in [0.5, 0.6) is 0 Å². The van der Waals surface area contributed by atoms with Crippen molar-refractivity contribution in [1.82, 2.24) is 0 Å². The molecule has 5 nitrogen and oxygen atoms in total. The Labute approximate surface area is 218 Å². The number of anilines is 2. The predicted octanol–water partition coefficient (Wildman–Crippen LogP) is 6.68. The summed E-state index contributed by atoms with van der Waals surface area (Å²) in [7, 11) is 0. The maximum atomic E-state index is 13.7. The number of nitrogens with one attached hydrogen (secondary N) is 1. The van der Waals surface area contributed by atoms with Crippen molar-refractivity contribution in [2.75, 3.05) is 10.2 Å². The fourth-order valence-electron chi connectivity index (χ4n) is 3.76. The molecule has 0 saturated carbocycles. The highest BCUT2D eigenvalue weighted by Gasteiger charge is 2.41. The molecule has 1 fully saturated rings. The summed E-state index contributed by atoms with van der Waals surface area (Å²) in [5.41, 5.74) is 3.66. The second-order valence-corrected chi connectivity index (χ2v) is 10.1. The van der Waals surface area contributed by atoms with E-state index in [2.05, 4.69) is 5.32 Å². The standard InChI is InChI=1S/C27H21Cl2N3O2S/c1-16-10-12-19(13-11-16)31-25(33)20(15-30)27-32(22-9-4-3-6-17(22)2)26(34)23(35-27)14-18-7-5-8-21(28)24(18)29/h3-13,23H,14H2,1-2H3,(H,31,33)/b27-20-/t23-/m1/s1. The molecule has 1 heterocycles. The number of nitrogens with zero attached hydrogens (tertiary/aromatic N) is 2. The van der Waals surface area contributed by atoms with Gasteiger partial charge in [-0.2, -0.15) is 5.26 Å². The van der Waals surface area contributed by atoms with Crippen molar-refractivity contribution in [1.29, 1.82) is 5.26 Å². The number of hydrogen-bond donors (Lipinski definition) is 1. The summed E-state index contributed by atoms with van der Waals surface area (Å²) >= 11 is 13.7. The van der Waals surface area contributed by atoms with Gasteiger partial charge in [-0.1, -0.05) is 83.0 Å². The van der Waals surface area contributed by atoms with Gasteiger partial charge in [0.15, 0.2) is 0 Å². The molecule has 0 radical (unpaired) electrons. The van der Waals surface area contributed by atoms with Gasteiger partial charge in [0.05, 0.1) is 21.0 Å². The van der Waals surface area contributed by atoms with Crippen LogP contribution in [0.1, 0.15) is 16.7 Å². The van der Waals surface area contributed by atoms with E-state index in [1.165, 1.54) is 16.7 Å². The predicted molar refractivity (Wildman–Crippen MR) is 143 cm³/mol. The minimum Gasteiger partial charge on any atom is -0.321 e. The van der Waals surface area contributed by atoms with Gasteiger partial charge in [-0.15, -0.1) is 0 Å². The molecule has 4 rings (SSSR count). The Morgan fingerprint density at radius 2 is 1.77 bits per heavy atom. The Hall–Kier alpha value is -3.24. The molecule has 3 aromatic rings. The molecule has 2 amide bonds. The van der Waals surface area contributed by atoms with Gasteiger partial charge in [0.2, 0.25) is 5.91 Å². The Balaban J connectivity index is 1.76. The molecule has 1 aliphatic rings. The van der Waals surface area contributed by atoms with Crippen molar-refractivity contribution in [3.05, 3.63) is 104 Å². The summed E-state index contributed by atoms with van der Waals surface area (Å²) in [6, 6.07) is 21.9. The summed E-state index contributed by atoms with van der Waals surface area (Å²) in [6.07, 6.45) is 0.299. The number of rotatable bonds is 5. The van der Waals surface area contributed by atoms with Crippen LogP contribution in [0.25, 0.3) is 0 Å². The number of carbonyl (C=O) groups excluding carboxylic acids is 2. The van der Waals surface area contributed by atoms with Gasteiger partial charge < -0.3 is 5.32 Å². The van der Waals surface area contributed by atoms with Gasteiger partial charge >= 0.3 is 0 Å². The van der Waals surface area contributed by atoms with Crippen LogP contribution >= 0.6 is 35.0 Å². The lowest BCUT2D eigenvalue weighted by atomic mass is 10.1. The second kappa shape index (κ2) is 10.6. The van der Waals surface area contributed by atoms with E-state index < -0.39 is 11.2 Å². The lowest BCUT2D eigenvalue weighted by Gasteiger charge is -2.20. The van der Waals surface area contributed by atoms with Crippen molar-refractivity contribution in [2.45, 2.75) is 25.5 Å². The third kappa shape index (κ3) is 5.23. The second-order valence-electron chi connectivity index (χ2n) is 8.10. The van der Waals surface area contributed by atoms with Crippen molar-refractivity contribution in [2.24, 2.45) is 0 Å². The van der Waals surface area contributed by atoms with E-state index in [4.69, 9.17) is 23.2 Å². The maximum absolute atomic E-state index is 13.7. The van der Waals surface area contributed by atoms with E-state index in [-0.39, 0.29) is 11.5 Å². The van der Waals surface area contributed by atoms with Crippen molar-refractivity contribution in [3.8, 4) is 6.07 Å². The van der Waals surface area contributed by atoms with Gasteiger partial charge in [0.1, 0.15) is 16.7 Å². The molecular weight excluding hydrogens is 501 g/mol. The van der Waals surface area contributed by atoms with Crippen LogP contribution in [0.4, 0.5) is 11.4 Å². The van der Waals surface area contributed by atoms with Crippen LogP contribution in [-0.2, 0) is 16.0 Å². The average molecular weight is 522 g/mol. The summed E-state index contributed by atoms with van der Waals surface area (Å²) in [5.74, 6) is -0.807. The zero-order valence-electron chi connectivity index (χ0n) is 19.0. The van der Waals surface area contributed by atoms with Gasteiger partial charge in [-0.05, 0) is 55.7 Å². The number of para-hydroxylation sites is 1. The number of thioether (sulfide) groups is 1. The van der Waals surface area contributed by atoms with E-state index in [1.807, 2.05) is 56.3 Å². The summed E-state index contributed by atoms with van der Waals surface area (Å²) < 4.78 is 0. The fourth-order valence-corrected chi connectivity index (χ4v) is 5.44. The molecule has 1 atom stereocenters. The molecule has 3 aromatic carbocycles. The highest BCUT2D eigenvalue weighted by atomic mass is 35.5. The molecule has 1 N–H and O–H groups in total. The lowest BCUT2D eigenvalue weighted by molar-refractivity contribution is -0.117. The lowest BCUT2D eigenvalue weighted by Crippen LogP contribution is -2.31. The fraction of sp³-hybridized carbons (Fsp3) is 0.148. The van der Waals surface area contributed by atoms with Crippen molar-refractivity contribution in [3.63, 3.8) is 0 Å². The van der Waals surface area contributed by atoms with Crippen LogP contribution in [0.2, 0.25) is 10.0 Å². The van der Waals surface area contributed by atoms with Crippen LogP contribution in [0.3, 0.4) is 0 Å². The first-order valence-electron chi connectivity index (χ1n) is 10.8. The van der Waals surface area contributed by atoms with Crippen molar-refractivity contribution < 1.29 is 9.59 Å². The minimum absolute atomic E-state index is 0.133. The van der Waals surface area contributed by atoms with Crippen LogP contribution in [0.15, 0.2) is 77.3 Å². The molecule has 0 aliphatic carbocycles. The van der Waals surface area contributed by atoms with E-state index in [0.29, 0.717) is 32.9 Å². The van der Waals surface area contributed by atoms with Gasteiger partial charge in [-0.3, -0.25) is 14.5 Å². The summed E-state index contributed by atoms with van der Waals surface area (Å²) in [4.78, 5) is 28.3. The first-order chi connectivity index (χ1) is 16.8. The van der Waals surface area contributed by atoms with Crippen LogP contribution in [-0.4, -0.2) is 17.1 Å². The number of hydrogen-bond acceptors (Lipinski definition) is 4. The quantitative estimate of drug-likeness (QED) is 0.300. The largest absolute Gasteiger partial charge is 0.321 e. The smallest absolute Gasteiger partial charge is 0.269 e. The third-order valence-corrected chi connectivity index (χ3v) is 7.73. The zero-order valence-corrected chi connectivity index (χ0v) is 21.3. The van der Waals surface area contributed by atoms with Crippen LogP contribution in [0, 0.1) is 25.2 Å². The molecule has 0 aromatic heterocycles. The number of nitriles is 1. The first kappa shape index (κ1) is 24.9. The number of halogens is 2. The molecule has 0 spiro atoms. The normalized spacial score (nSPS) is 16.7. The molecule has 1 aliphatic heterocycles. The van der Waals surface area contributed by atoms with Gasteiger partial charge in [-0.25, -0.2) is 0 Å². The van der Waals surface area contributed by atoms with Crippen LogP contribution < -0.4 is 10.2 Å². The molecule has 0 unspecified atom stereocenters. The molecule has 1 saturated heterocycles. The Morgan fingerprint density at radius 1 is 1.06 bits per heavy atom. The number of amides is 2. The molecule has 0 bridgehead atoms. The molecular formula is C27H21Cl2N3O2S. The highest BCUT2D eigenvalue weighted by molar-refractivity contribution is 8.05. The van der Waals surface area contributed by atoms with E-state index in [1.54, 1.807) is 30.3 Å². The molecule has 8 heteroatoms. The summed E-state index contributed by atoms with van der Waals surface area (Å²) in [6.45, 7) is 3.83. The monoisotopic (exact) mass is 521 g/mol. The Kier molecular flexibility index (Phi) is 7.51. The Morgan fingerprint density at radius 3 is 2.46 bits per heavy atom. The summed E-state index contributed by atoms with van der Waals surface area (Å²) in [5, 5.41) is 13.3. The topological polar surface area (TPSA) is 73.2 Å². The van der Waals surface area contributed by atoms with E-state index >= 15 is 0 Å². The first-order valence-corrected chi connectivity index (χ1v) is 12.4. The molecule has 176 valence electrons. The Bertz CT molecular complexity index is 1380. The number of aryl methyl sites for hydroxylation is 2. The maximum Gasteiger partial charge on any atom is 0.269 e. The van der Waals surface area contributed by atoms with E-state index in [9.17, 15) is 14.9 Å². The van der Waals surface area contributed by atoms with E-state index in [0.717, 1.165) is 16.7 Å². The number of benzene rings is 3. The zero-order chi connectivity index (χ0) is 25.1. The van der Waals surface area contributed by atoms with Crippen molar-refractivity contribution >= 4 is 58.2 Å². The third-order valence-electron chi connectivity index (χ3n) is 5.61. The minimum atomic E-state index is -0.587. The van der Waals surface area contributed by atoms with Gasteiger partial charge in [0.25, 0.3) is 5.91 Å². The average Bonchev–Trinajstić information content (AvgIpc) is 3.14. The SMILES string of the molecule is Cc1ccc(NC(=O)/C(C#N)=C2\S[C@H](Cc3cccc(Cl)c3Cl)C(=O)N2c2ccccc2C)cc1. The number of carbonyl (C=O) groups is 2. The van der Waals surface area contributed by atoms with Gasteiger partial charge in [0, 0.05) is 5.69 Å². The molecule has 35 heavy (non-hydrogen) atoms. The highest BCUT2D eigenvalue weighted by Crippen LogP contribution is 2.43.